The molecule has 2 nitrogen and oxygen atoms in total. The van der Waals surface area contributed by atoms with Crippen LogP contribution in [0.25, 0.3) is 0 Å². The van der Waals surface area contributed by atoms with Gasteiger partial charge in [-0.25, -0.2) is 0 Å². The second kappa shape index (κ2) is 7.04. The minimum Gasteiger partial charge on any atom is -0.466 e. The predicted molar refractivity (Wildman–Crippen MR) is 65.4 cm³/mol. The van der Waals surface area contributed by atoms with Gasteiger partial charge in [-0.3, -0.25) is 4.79 Å². The van der Waals surface area contributed by atoms with Gasteiger partial charge in [0, 0.05) is 6.42 Å². The maximum Gasteiger partial charge on any atom is 0.305 e. The average Bonchev–Trinajstić information content (AvgIpc) is 2.25. The summed E-state index contributed by atoms with van der Waals surface area (Å²) < 4.78 is 5.10. The van der Waals surface area contributed by atoms with Gasteiger partial charge in [0.15, 0.2) is 0 Å². The summed E-state index contributed by atoms with van der Waals surface area (Å²) in [6.07, 6.45) is 3.27. The topological polar surface area (TPSA) is 26.3 Å². The number of esters is 1. The molecule has 0 fully saturated rings. The zero-order chi connectivity index (χ0) is 11.8. The fraction of sp³-hybridized carbons (Fsp3) is 0.500. The molecule has 0 bridgehead atoms. The van der Waals surface area contributed by atoms with Crippen molar-refractivity contribution in [2.45, 2.75) is 39.5 Å². The molecule has 0 amide bonds. The van der Waals surface area contributed by atoms with Crippen LogP contribution in [0.3, 0.4) is 0 Å². The highest BCUT2D eigenvalue weighted by molar-refractivity contribution is 5.69. The Morgan fingerprint density at radius 3 is 2.88 bits per heavy atom. The molecule has 1 aromatic rings. The highest BCUT2D eigenvalue weighted by Gasteiger charge is 2.00. The Balaban J connectivity index is 2.18. The van der Waals surface area contributed by atoms with Crippen molar-refractivity contribution in [3.63, 3.8) is 0 Å². The van der Waals surface area contributed by atoms with E-state index in [1.165, 1.54) is 11.1 Å². The number of aryl methyl sites for hydroxylation is 2. The van der Waals surface area contributed by atoms with Gasteiger partial charge in [0.25, 0.3) is 0 Å². The van der Waals surface area contributed by atoms with Gasteiger partial charge >= 0.3 is 5.97 Å². The van der Waals surface area contributed by atoms with Crippen molar-refractivity contribution in [3.05, 3.63) is 35.4 Å². The quantitative estimate of drug-likeness (QED) is 0.543. The summed E-state index contributed by atoms with van der Waals surface area (Å²) in [5.41, 5.74) is 2.59. The molecule has 0 saturated carbocycles. The van der Waals surface area contributed by atoms with E-state index in [1.54, 1.807) is 0 Å². The van der Waals surface area contributed by atoms with Gasteiger partial charge in [0.1, 0.15) is 0 Å². The normalized spacial score (nSPS) is 10.1. The van der Waals surface area contributed by atoms with Crippen molar-refractivity contribution in [2.24, 2.45) is 0 Å². The monoisotopic (exact) mass is 220 g/mol. The highest BCUT2D eigenvalue weighted by Crippen LogP contribution is 2.06. The lowest BCUT2D eigenvalue weighted by Gasteiger charge is -2.04. The van der Waals surface area contributed by atoms with Crippen molar-refractivity contribution in [2.75, 3.05) is 6.61 Å². The number of benzene rings is 1. The molecule has 2 heteroatoms. The molecule has 16 heavy (non-hydrogen) atoms. The number of carbonyl (C=O) groups is 1. The lowest BCUT2D eigenvalue weighted by atomic mass is 10.1. The Hall–Kier alpha value is -1.31. The smallest absolute Gasteiger partial charge is 0.305 e. The zero-order valence-corrected chi connectivity index (χ0v) is 10.2. The summed E-state index contributed by atoms with van der Waals surface area (Å²) in [5, 5.41) is 0. The molecule has 0 aromatic heterocycles. The molecule has 1 rings (SSSR count). The summed E-state index contributed by atoms with van der Waals surface area (Å²) in [6, 6.07) is 8.44. The van der Waals surface area contributed by atoms with E-state index in [1.807, 2.05) is 6.92 Å². The minimum atomic E-state index is -0.0771. The van der Waals surface area contributed by atoms with Crippen molar-refractivity contribution in [1.29, 1.82) is 0 Å². The van der Waals surface area contributed by atoms with E-state index in [0.717, 1.165) is 19.3 Å². The molecule has 0 atom stereocenters. The summed E-state index contributed by atoms with van der Waals surface area (Å²) >= 11 is 0. The summed E-state index contributed by atoms with van der Waals surface area (Å²) in [6.45, 7) is 4.60. The Morgan fingerprint density at radius 1 is 1.38 bits per heavy atom. The zero-order valence-electron chi connectivity index (χ0n) is 10.2. The number of rotatable bonds is 6. The molecular weight excluding hydrogens is 200 g/mol. The van der Waals surface area contributed by atoms with Gasteiger partial charge in [0.2, 0.25) is 0 Å². The van der Waals surface area contributed by atoms with E-state index in [9.17, 15) is 4.79 Å². The van der Waals surface area contributed by atoms with Gasteiger partial charge in [-0.2, -0.15) is 0 Å². The summed E-state index contributed by atoms with van der Waals surface area (Å²) in [5.74, 6) is -0.0771. The molecule has 0 aliphatic carbocycles. The van der Waals surface area contributed by atoms with Crippen LogP contribution in [-0.2, 0) is 16.0 Å². The van der Waals surface area contributed by atoms with E-state index in [4.69, 9.17) is 4.74 Å². The van der Waals surface area contributed by atoms with E-state index < -0.39 is 0 Å². The van der Waals surface area contributed by atoms with Crippen LogP contribution in [-0.4, -0.2) is 12.6 Å². The van der Waals surface area contributed by atoms with Crippen molar-refractivity contribution < 1.29 is 9.53 Å². The number of hydrogen-bond donors (Lipinski definition) is 0. The fourth-order valence-corrected chi connectivity index (χ4v) is 1.61. The van der Waals surface area contributed by atoms with Gasteiger partial charge in [-0.15, -0.1) is 0 Å². The van der Waals surface area contributed by atoms with Crippen molar-refractivity contribution in [1.82, 2.24) is 0 Å². The summed E-state index contributed by atoms with van der Waals surface area (Å²) in [7, 11) is 0. The largest absolute Gasteiger partial charge is 0.466 e. The number of ether oxygens (including phenoxy) is 1. The van der Waals surface area contributed by atoms with Crippen LogP contribution in [0.5, 0.6) is 0 Å². The first kappa shape index (κ1) is 12.8. The molecule has 0 saturated heterocycles. The molecule has 0 spiro atoms. The molecule has 0 N–H and O–H groups in total. The maximum absolute atomic E-state index is 11.1. The van der Waals surface area contributed by atoms with Crippen LogP contribution in [0.4, 0.5) is 0 Å². The SMILES string of the molecule is CCCC(=O)OCCCc1cccc(C)c1. The van der Waals surface area contributed by atoms with Gasteiger partial charge in [-0.1, -0.05) is 36.8 Å². The molecule has 0 aliphatic rings. The second-order valence-corrected chi connectivity index (χ2v) is 4.06. The van der Waals surface area contributed by atoms with Crippen LogP contribution in [0, 0.1) is 6.92 Å². The molecule has 0 heterocycles. The highest BCUT2D eigenvalue weighted by atomic mass is 16.5. The number of hydrogen-bond acceptors (Lipinski definition) is 2. The fourth-order valence-electron chi connectivity index (χ4n) is 1.61. The molecule has 1 aromatic carbocycles. The molecule has 0 unspecified atom stereocenters. The van der Waals surface area contributed by atoms with E-state index >= 15 is 0 Å². The average molecular weight is 220 g/mol. The lowest BCUT2D eigenvalue weighted by molar-refractivity contribution is -0.143. The summed E-state index contributed by atoms with van der Waals surface area (Å²) in [4.78, 5) is 11.1. The molecular formula is C14H20O2. The second-order valence-electron chi connectivity index (χ2n) is 4.06. The molecule has 88 valence electrons. The van der Waals surface area contributed by atoms with Crippen LogP contribution in [0.15, 0.2) is 24.3 Å². The Morgan fingerprint density at radius 2 is 2.19 bits per heavy atom. The van der Waals surface area contributed by atoms with E-state index in [0.29, 0.717) is 13.0 Å². The van der Waals surface area contributed by atoms with Crippen LogP contribution >= 0.6 is 0 Å². The predicted octanol–water partition coefficient (Wildman–Crippen LogP) is 3.27. The van der Waals surface area contributed by atoms with Crippen molar-refractivity contribution >= 4 is 5.97 Å². The van der Waals surface area contributed by atoms with Crippen LogP contribution < -0.4 is 0 Å². The standard InChI is InChI=1S/C14H20O2/c1-3-6-14(15)16-10-5-9-13-8-4-7-12(2)11-13/h4,7-8,11H,3,5-6,9-10H2,1-2H3. The minimum absolute atomic E-state index is 0.0771. The maximum atomic E-state index is 11.1. The first-order chi connectivity index (χ1) is 7.72. The van der Waals surface area contributed by atoms with Gasteiger partial charge in [0.05, 0.1) is 6.61 Å². The molecule has 0 radical (unpaired) electrons. The van der Waals surface area contributed by atoms with Gasteiger partial charge < -0.3 is 4.74 Å². The van der Waals surface area contributed by atoms with Crippen LogP contribution in [0.2, 0.25) is 0 Å². The Kier molecular flexibility index (Phi) is 5.62. The lowest BCUT2D eigenvalue weighted by Crippen LogP contribution is -2.05. The first-order valence-corrected chi connectivity index (χ1v) is 5.93. The van der Waals surface area contributed by atoms with Gasteiger partial charge in [-0.05, 0) is 31.7 Å². The Labute approximate surface area is 97.6 Å². The van der Waals surface area contributed by atoms with E-state index in [-0.39, 0.29) is 5.97 Å². The first-order valence-electron chi connectivity index (χ1n) is 5.93. The van der Waals surface area contributed by atoms with Crippen LogP contribution in [0.1, 0.15) is 37.3 Å². The third-order valence-corrected chi connectivity index (χ3v) is 2.41. The third kappa shape index (κ3) is 4.96. The molecule has 0 aliphatic heterocycles. The number of carbonyl (C=O) groups excluding carboxylic acids is 1. The van der Waals surface area contributed by atoms with Crippen molar-refractivity contribution in [3.8, 4) is 0 Å². The third-order valence-electron chi connectivity index (χ3n) is 2.41. The van der Waals surface area contributed by atoms with E-state index in [2.05, 4.69) is 31.2 Å². The Bertz CT molecular complexity index is 331.